The first-order chi connectivity index (χ1) is 11.4. The number of pyridine rings is 1. The summed E-state index contributed by atoms with van der Waals surface area (Å²) in [6.07, 6.45) is 3.08. The Morgan fingerprint density at radius 1 is 1.00 bits per heavy atom. The van der Waals surface area contributed by atoms with Crippen LogP contribution >= 0.6 is 50.7 Å². The molecule has 2 nitrogen and oxygen atoms in total. The van der Waals surface area contributed by atoms with E-state index >= 15 is 0 Å². The van der Waals surface area contributed by atoms with Gasteiger partial charge in [0.05, 0.1) is 15.6 Å². The van der Waals surface area contributed by atoms with Crippen molar-refractivity contribution in [3.63, 3.8) is 0 Å². The second-order valence-corrected chi connectivity index (χ2v) is 7.12. The molecule has 2 aromatic carbocycles. The maximum absolute atomic E-state index is 12.3. The van der Waals surface area contributed by atoms with Crippen molar-refractivity contribution < 1.29 is 4.79 Å². The molecule has 0 saturated heterocycles. The van der Waals surface area contributed by atoms with Crippen LogP contribution in [0.25, 0.3) is 17.0 Å². The summed E-state index contributed by atoms with van der Waals surface area (Å²) in [5.74, 6) is -0.195. The first kappa shape index (κ1) is 17.4. The highest BCUT2D eigenvalue weighted by Crippen LogP contribution is 2.25. The highest BCUT2D eigenvalue weighted by atomic mass is 79.9. The summed E-state index contributed by atoms with van der Waals surface area (Å²) in [5, 5.41) is 2.01. The number of allylic oxidation sites excluding steroid dienone is 1. The second kappa shape index (κ2) is 7.24. The minimum absolute atomic E-state index is 0.195. The van der Waals surface area contributed by atoms with Crippen molar-refractivity contribution in [1.29, 1.82) is 0 Å². The zero-order chi connectivity index (χ0) is 17.3. The maximum atomic E-state index is 12.3. The summed E-state index contributed by atoms with van der Waals surface area (Å²) >= 11 is 21.4. The number of hydrogen-bond donors (Lipinski definition) is 0. The Hall–Kier alpha value is -1.39. The quantitative estimate of drug-likeness (QED) is 0.253. The summed E-state index contributed by atoms with van der Waals surface area (Å²) in [6, 6.07) is 12.3. The molecule has 0 aliphatic carbocycles. The summed E-state index contributed by atoms with van der Waals surface area (Å²) in [6.45, 7) is 0. The van der Waals surface area contributed by atoms with E-state index in [1.54, 1.807) is 18.2 Å². The summed E-state index contributed by atoms with van der Waals surface area (Å²) < 4.78 is 0.945. The minimum Gasteiger partial charge on any atom is -0.289 e. The molecule has 0 aliphatic rings. The van der Waals surface area contributed by atoms with Crippen LogP contribution in [0.4, 0.5) is 0 Å². The van der Waals surface area contributed by atoms with Gasteiger partial charge in [0, 0.05) is 21.0 Å². The van der Waals surface area contributed by atoms with E-state index in [9.17, 15) is 4.79 Å². The third-order valence-corrected chi connectivity index (χ3v) is 4.91. The monoisotopic (exact) mass is 439 g/mol. The molecule has 120 valence electrons. The Labute approximate surface area is 162 Å². The average molecular weight is 442 g/mol. The zero-order valence-electron chi connectivity index (χ0n) is 12.1. The van der Waals surface area contributed by atoms with Gasteiger partial charge in [-0.15, -0.1) is 0 Å². The van der Waals surface area contributed by atoms with Gasteiger partial charge in [0.1, 0.15) is 5.15 Å². The van der Waals surface area contributed by atoms with Gasteiger partial charge in [0.15, 0.2) is 5.78 Å². The third kappa shape index (κ3) is 3.81. The molecule has 1 aromatic heterocycles. The molecule has 0 N–H and O–H groups in total. The molecule has 0 spiro atoms. The number of carbonyl (C=O) groups is 1. The van der Waals surface area contributed by atoms with Crippen LogP contribution in [0.1, 0.15) is 15.9 Å². The number of hydrogen-bond acceptors (Lipinski definition) is 2. The smallest absolute Gasteiger partial charge is 0.185 e. The minimum atomic E-state index is -0.195. The Bertz CT molecular complexity index is 985. The molecule has 0 unspecified atom stereocenters. The van der Waals surface area contributed by atoms with Gasteiger partial charge in [0.25, 0.3) is 0 Å². The van der Waals surface area contributed by atoms with Crippen LogP contribution in [0.3, 0.4) is 0 Å². The van der Waals surface area contributed by atoms with Gasteiger partial charge in [-0.2, -0.15) is 0 Å². The maximum Gasteiger partial charge on any atom is 0.185 e. The van der Waals surface area contributed by atoms with Crippen LogP contribution < -0.4 is 0 Å². The Kier molecular flexibility index (Phi) is 5.26. The van der Waals surface area contributed by atoms with E-state index in [2.05, 4.69) is 20.9 Å². The van der Waals surface area contributed by atoms with E-state index < -0.39 is 0 Å². The lowest BCUT2D eigenvalue weighted by Crippen LogP contribution is -1.94. The van der Waals surface area contributed by atoms with Gasteiger partial charge in [-0.1, -0.05) is 50.7 Å². The summed E-state index contributed by atoms with van der Waals surface area (Å²) in [7, 11) is 0. The number of rotatable bonds is 3. The number of nitrogens with zero attached hydrogens (tertiary/aromatic N) is 1. The van der Waals surface area contributed by atoms with E-state index in [0.717, 1.165) is 15.4 Å². The topological polar surface area (TPSA) is 30.0 Å². The molecule has 0 atom stereocenters. The summed E-state index contributed by atoms with van der Waals surface area (Å²) in [5.41, 5.74) is 1.90. The molecule has 3 rings (SSSR count). The van der Waals surface area contributed by atoms with Gasteiger partial charge in [-0.3, -0.25) is 4.79 Å². The molecule has 3 aromatic rings. The SMILES string of the molecule is O=C(/C=C/c1cc2cc(Br)ccc2nc1Cl)c1ccc(Cl)c(Cl)c1. The largest absolute Gasteiger partial charge is 0.289 e. The van der Waals surface area contributed by atoms with Gasteiger partial charge in [-0.05, 0) is 54.6 Å². The third-order valence-electron chi connectivity index (χ3n) is 3.38. The van der Waals surface area contributed by atoms with Crippen molar-refractivity contribution in [1.82, 2.24) is 4.98 Å². The van der Waals surface area contributed by atoms with E-state index in [0.29, 0.717) is 26.3 Å². The molecule has 0 bridgehead atoms. The van der Waals surface area contributed by atoms with Crippen LogP contribution in [-0.4, -0.2) is 10.8 Å². The lowest BCUT2D eigenvalue weighted by Gasteiger charge is -2.03. The van der Waals surface area contributed by atoms with Crippen LogP contribution in [0.2, 0.25) is 15.2 Å². The van der Waals surface area contributed by atoms with Crippen LogP contribution in [0.15, 0.2) is 53.0 Å². The number of benzene rings is 2. The fraction of sp³-hybridized carbons (Fsp3) is 0. The van der Waals surface area contributed by atoms with Gasteiger partial charge in [0.2, 0.25) is 0 Å². The van der Waals surface area contributed by atoms with E-state index in [1.165, 1.54) is 12.1 Å². The van der Waals surface area contributed by atoms with Crippen molar-refractivity contribution in [2.45, 2.75) is 0 Å². The Balaban J connectivity index is 1.93. The van der Waals surface area contributed by atoms with Crippen molar-refractivity contribution in [2.75, 3.05) is 0 Å². The van der Waals surface area contributed by atoms with E-state index in [4.69, 9.17) is 34.8 Å². The molecule has 1 heterocycles. The molecule has 0 saturated carbocycles. The first-order valence-electron chi connectivity index (χ1n) is 6.87. The molecule has 0 radical (unpaired) electrons. The number of fused-ring (bicyclic) bond motifs is 1. The van der Waals surface area contributed by atoms with Crippen molar-refractivity contribution in [2.24, 2.45) is 0 Å². The van der Waals surface area contributed by atoms with Gasteiger partial charge < -0.3 is 0 Å². The van der Waals surface area contributed by atoms with E-state index in [-0.39, 0.29) is 5.78 Å². The zero-order valence-corrected chi connectivity index (χ0v) is 15.9. The predicted molar refractivity (Wildman–Crippen MR) is 104 cm³/mol. The highest BCUT2D eigenvalue weighted by molar-refractivity contribution is 9.10. The fourth-order valence-electron chi connectivity index (χ4n) is 2.17. The normalized spacial score (nSPS) is 11.3. The van der Waals surface area contributed by atoms with Gasteiger partial charge in [-0.25, -0.2) is 4.98 Å². The molecule has 6 heteroatoms. The standard InChI is InChI=1S/C18H9BrCl3NO/c19-13-3-5-16-12(8-13)7-11(18(22)23-16)2-6-17(24)10-1-4-14(20)15(21)9-10/h1-9H/b6-2+. The Morgan fingerprint density at radius 3 is 2.54 bits per heavy atom. The van der Waals surface area contributed by atoms with Crippen LogP contribution in [0.5, 0.6) is 0 Å². The number of halogens is 4. The lowest BCUT2D eigenvalue weighted by atomic mass is 10.1. The van der Waals surface area contributed by atoms with Crippen molar-refractivity contribution in [3.05, 3.63) is 79.3 Å². The number of carbonyl (C=O) groups excluding carboxylic acids is 1. The van der Waals surface area contributed by atoms with E-state index in [1.807, 2.05) is 24.3 Å². The fourth-order valence-corrected chi connectivity index (χ4v) is 3.05. The summed E-state index contributed by atoms with van der Waals surface area (Å²) in [4.78, 5) is 16.6. The van der Waals surface area contributed by atoms with Crippen LogP contribution in [-0.2, 0) is 0 Å². The van der Waals surface area contributed by atoms with Gasteiger partial charge >= 0.3 is 0 Å². The predicted octanol–water partition coefficient (Wildman–Crippen LogP) is 6.85. The molecule has 0 fully saturated rings. The second-order valence-electron chi connectivity index (χ2n) is 5.03. The van der Waals surface area contributed by atoms with Crippen molar-refractivity contribution >= 4 is 73.5 Å². The Morgan fingerprint density at radius 2 is 1.79 bits per heavy atom. The molecular formula is C18H9BrCl3NO. The number of ketones is 1. The highest BCUT2D eigenvalue weighted by Gasteiger charge is 2.07. The number of aromatic nitrogens is 1. The molecule has 24 heavy (non-hydrogen) atoms. The lowest BCUT2D eigenvalue weighted by molar-refractivity contribution is 0.104. The molecule has 0 aliphatic heterocycles. The molecular weight excluding hydrogens is 432 g/mol. The van der Waals surface area contributed by atoms with Crippen LogP contribution in [0, 0.1) is 0 Å². The average Bonchev–Trinajstić information content (AvgIpc) is 2.55. The first-order valence-corrected chi connectivity index (χ1v) is 8.80. The van der Waals surface area contributed by atoms with Crippen molar-refractivity contribution in [3.8, 4) is 0 Å². The molecule has 0 amide bonds.